The minimum absolute atomic E-state index is 0.172. The van der Waals surface area contributed by atoms with Crippen molar-refractivity contribution in [2.24, 2.45) is 0 Å². The van der Waals surface area contributed by atoms with Crippen molar-refractivity contribution in [3.8, 4) is 11.4 Å². The number of carboxylic acid groups (broad SMARTS) is 1. The maximum absolute atomic E-state index is 12.8. The number of fused-ring (bicyclic) bond motifs is 1. The number of imidazole rings is 1. The van der Waals surface area contributed by atoms with E-state index in [1.165, 1.54) is 6.20 Å². The van der Waals surface area contributed by atoms with E-state index in [0.717, 1.165) is 5.56 Å². The van der Waals surface area contributed by atoms with E-state index in [-0.39, 0.29) is 18.9 Å². The molecule has 3 aromatic heterocycles. The third kappa shape index (κ3) is 3.97. The lowest BCUT2D eigenvalue weighted by molar-refractivity contribution is 0.102. The second-order valence-corrected chi connectivity index (χ2v) is 6.55. The topological polar surface area (TPSA) is 135 Å². The van der Waals surface area contributed by atoms with E-state index in [9.17, 15) is 9.59 Å². The molecule has 3 N–H and O–H groups in total. The number of carbonyl (C=O) groups excluding carboxylic acids is 1. The third-order valence-electron chi connectivity index (χ3n) is 4.48. The van der Waals surface area contributed by atoms with Gasteiger partial charge in [0.15, 0.2) is 0 Å². The second kappa shape index (κ2) is 8.03. The highest BCUT2D eigenvalue weighted by atomic mass is 16.5. The number of amides is 2. The monoisotopic (exact) mass is 406 g/mol. The number of nitrogens with zero attached hydrogens (tertiary/aromatic N) is 4. The van der Waals surface area contributed by atoms with Gasteiger partial charge in [0.25, 0.3) is 5.91 Å². The van der Waals surface area contributed by atoms with E-state index in [1.54, 1.807) is 16.7 Å². The van der Waals surface area contributed by atoms with Gasteiger partial charge in [-0.1, -0.05) is 23.4 Å². The third-order valence-corrected chi connectivity index (χ3v) is 4.48. The molecule has 0 radical (unpaired) electrons. The van der Waals surface area contributed by atoms with E-state index in [0.29, 0.717) is 34.3 Å². The number of carbonyl (C=O) groups is 2. The molecule has 4 rings (SSSR count). The van der Waals surface area contributed by atoms with Crippen molar-refractivity contribution in [1.82, 2.24) is 24.8 Å². The number of aromatic nitrogens is 4. The summed E-state index contributed by atoms with van der Waals surface area (Å²) in [5, 5.41) is 17.7. The summed E-state index contributed by atoms with van der Waals surface area (Å²) in [5.41, 5.74) is 3.25. The smallest absolute Gasteiger partial charge is 0.404 e. The molecule has 30 heavy (non-hydrogen) atoms. The number of anilines is 1. The maximum Gasteiger partial charge on any atom is 0.404 e. The quantitative estimate of drug-likeness (QED) is 0.448. The fourth-order valence-corrected chi connectivity index (χ4v) is 2.93. The fraction of sp³-hybridized carbons (Fsp3) is 0.150. The zero-order chi connectivity index (χ0) is 21.1. The van der Waals surface area contributed by atoms with Gasteiger partial charge in [0, 0.05) is 30.4 Å². The van der Waals surface area contributed by atoms with Gasteiger partial charge in [0.1, 0.15) is 11.3 Å². The van der Waals surface area contributed by atoms with Crippen LogP contribution in [-0.4, -0.2) is 43.2 Å². The number of rotatable bonds is 6. The van der Waals surface area contributed by atoms with Gasteiger partial charge in [-0.3, -0.25) is 9.20 Å². The Labute approximate surface area is 170 Å². The fourth-order valence-electron chi connectivity index (χ4n) is 2.93. The number of hydrogen-bond acceptors (Lipinski definition) is 6. The zero-order valence-corrected chi connectivity index (χ0v) is 16.0. The number of benzene rings is 1. The Morgan fingerprint density at radius 2 is 2.10 bits per heavy atom. The second-order valence-electron chi connectivity index (χ2n) is 6.55. The highest BCUT2D eigenvalue weighted by molar-refractivity contribution is 6.04. The van der Waals surface area contributed by atoms with E-state index < -0.39 is 6.09 Å². The molecule has 0 bridgehead atoms. The summed E-state index contributed by atoms with van der Waals surface area (Å²) in [6, 6.07) is 10.9. The van der Waals surface area contributed by atoms with E-state index in [1.807, 2.05) is 37.3 Å². The summed E-state index contributed by atoms with van der Waals surface area (Å²) in [4.78, 5) is 31.8. The van der Waals surface area contributed by atoms with Gasteiger partial charge in [0.2, 0.25) is 11.7 Å². The van der Waals surface area contributed by atoms with E-state index in [4.69, 9.17) is 9.63 Å². The Balaban J connectivity index is 1.53. The number of pyridine rings is 1. The molecular weight excluding hydrogens is 388 g/mol. The van der Waals surface area contributed by atoms with Gasteiger partial charge >= 0.3 is 6.09 Å². The van der Waals surface area contributed by atoms with Crippen LogP contribution < -0.4 is 10.6 Å². The van der Waals surface area contributed by atoms with Crippen molar-refractivity contribution < 1.29 is 19.2 Å². The Hall–Kier alpha value is -4.21. The molecule has 10 nitrogen and oxygen atoms in total. The molecule has 10 heteroatoms. The Kier molecular flexibility index (Phi) is 5.12. The van der Waals surface area contributed by atoms with Crippen molar-refractivity contribution >= 4 is 23.3 Å². The molecule has 0 saturated heterocycles. The van der Waals surface area contributed by atoms with Crippen LogP contribution in [0, 0.1) is 6.92 Å². The number of hydrogen-bond donors (Lipinski definition) is 3. The first-order chi connectivity index (χ1) is 14.5. The van der Waals surface area contributed by atoms with Crippen LogP contribution in [0.2, 0.25) is 0 Å². The normalized spacial score (nSPS) is 10.8. The van der Waals surface area contributed by atoms with Crippen molar-refractivity contribution in [3.63, 3.8) is 0 Å². The Bertz CT molecular complexity index is 1230. The van der Waals surface area contributed by atoms with Crippen LogP contribution in [0.1, 0.15) is 21.9 Å². The summed E-state index contributed by atoms with van der Waals surface area (Å²) in [7, 11) is 0. The summed E-state index contributed by atoms with van der Waals surface area (Å²) in [6.45, 7) is 2.05. The van der Waals surface area contributed by atoms with Crippen molar-refractivity contribution in [3.05, 3.63) is 65.9 Å². The Morgan fingerprint density at radius 1 is 1.23 bits per heavy atom. The molecule has 0 fully saturated rings. The molecule has 0 atom stereocenters. The van der Waals surface area contributed by atoms with Crippen molar-refractivity contribution in [2.75, 3.05) is 11.9 Å². The molecular formula is C20H18N6O4. The van der Waals surface area contributed by atoms with Crippen LogP contribution in [0.3, 0.4) is 0 Å². The van der Waals surface area contributed by atoms with Gasteiger partial charge in [-0.2, -0.15) is 4.98 Å². The van der Waals surface area contributed by atoms with Crippen LogP contribution in [0.25, 0.3) is 17.0 Å². The molecule has 0 unspecified atom stereocenters. The SMILES string of the molecule is Cc1ccc(-c2noc(CCNC(=O)O)n2)cc1NC(=O)c1cnc2ccccn12. The van der Waals surface area contributed by atoms with E-state index in [2.05, 4.69) is 25.8 Å². The first-order valence-corrected chi connectivity index (χ1v) is 9.15. The molecule has 0 saturated carbocycles. The standard InChI is InChI=1S/C20H18N6O4/c1-12-5-6-13(18-24-17(30-25-18)7-8-21-20(28)29)10-14(12)23-19(27)15-11-22-16-4-2-3-9-26(15)16/h2-6,9-11,21H,7-8H2,1H3,(H,23,27)(H,28,29). The maximum atomic E-state index is 12.8. The van der Waals surface area contributed by atoms with Gasteiger partial charge in [-0.25, -0.2) is 9.78 Å². The molecule has 0 aliphatic rings. The van der Waals surface area contributed by atoms with Crippen LogP contribution in [0.15, 0.2) is 53.3 Å². The molecule has 0 spiro atoms. The average Bonchev–Trinajstić information content (AvgIpc) is 3.36. The lowest BCUT2D eigenvalue weighted by atomic mass is 10.1. The average molecular weight is 406 g/mol. The lowest BCUT2D eigenvalue weighted by Crippen LogP contribution is -2.23. The van der Waals surface area contributed by atoms with Gasteiger partial charge in [-0.05, 0) is 30.7 Å². The first kappa shape index (κ1) is 19.1. The molecule has 3 heterocycles. The highest BCUT2D eigenvalue weighted by Crippen LogP contribution is 2.24. The minimum Gasteiger partial charge on any atom is -0.465 e. The summed E-state index contributed by atoms with van der Waals surface area (Å²) < 4.78 is 6.88. The first-order valence-electron chi connectivity index (χ1n) is 9.15. The van der Waals surface area contributed by atoms with Crippen LogP contribution in [0.4, 0.5) is 10.5 Å². The minimum atomic E-state index is -1.11. The van der Waals surface area contributed by atoms with Crippen molar-refractivity contribution in [1.29, 1.82) is 0 Å². The van der Waals surface area contributed by atoms with Crippen LogP contribution in [-0.2, 0) is 6.42 Å². The molecule has 0 aliphatic heterocycles. The zero-order valence-electron chi connectivity index (χ0n) is 16.0. The molecule has 4 aromatic rings. The Morgan fingerprint density at radius 3 is 2.93 bits per heavy atom. The summed E-state index contributed by atoms with van der Waals surface area (Å²) >= 11 is 0. The molecule has 1 aromatic carbocycles. The number of aryl methyl sites for hydroxylation is 1. The van der Waals surface area contributed by atoms with Crippen molar-refractivity contribution in [2.45, 2.75) is 13.3 Å². The van der Waals surface area contributed by atoms with Crippen LogP contribution in [0.5, 0.6) is 0 Å². The molecule has 0 aliphatic carbocycles. The number of nitrogens with one attached hydrogen (secondary N) is 2. The largest absolute Gasteiger partial charge is 0.465 e. The molecule has 2 amide bonds. The highest BCUT2D eigenvalue weighted by Gasteiger charge is 2.15. The lowest BCUT2D eigenvalue weighted by Gasteiger charge is -2.09. The molecule has 152 valence electrons. The van der Waals surface area contributed by atoms with Gasteiger partial charge in [-0.15, -0.1) is 0 Å². The van der Waals surface area contributed by atoms with Gasteiger partial charge in [0.05, 0.1) is 6.20 Å². The predicted octanol–water partition coefficient (Wildman–Crippen LogP) is 2.76. The predicted molar refractivity (Wildman–Crippen MR) is 107 cm³/mol. The summed E-state index contributed by atoms with van der Waals surface area (Å²) in [6.07, 6.45) is 2.48. The summed E-state index contributed by atoms with van der Waals surface area (Å²) in [5.74, 6) is 0.378. The van der Waals surface area contributed by atoms with Crippen LogP contribution >= 0.6 is 0 Å². The van der Waals surface area contributed by atoms with E-state index >= 15 is 0 Å². The van der Waals surface area contributed by atoms with Gasteiger partial charge < -0.3 is 20.3 Å².